The Labute approximate surface area is 97.2 Å². The van der Waals surface area contributed by atoms with Gasteiger partial charge in [0.2, 0.25) is 0 Å². The zero-order valence-electron chi connectivity index (χ0n) is 9.35. The number of carboxylic acids is 1. The summed E-state index contributed by atoms with van der Waals surface area (Å²) in [6, 6.07) is 0.287. The topological polar surface area (TPSA) is 40.5 Å². The lowest BCUT2D eigenvalue weighted by Gasteiger charge is -2.35. The molecule has 0 aromatic heterocycles. The second-order valence-electron chi connectivity index (χ2n) is 4.91. The molecule has 0 bridgehead atoms. The van der Waals surface area contributed by atoms with Gasteiger partial charge in [0, 0.05) is 6.04 Å². The van der Waals surface area contributed by atoms with E-state index in [4.69, 9.17) is 5.11 Å². The highest BCUT2D eigenvalue weighted by molar-refractivity contribution is 5.85. The summed E-state index contributed by atoms with van der Waals surface area (Å²) in [5.41, 5.74) is 0. The van der Waals surface area contributed by atoms with Crippen molar-refractivity contribution >= 4 is 18.4 Å². The standard InChI is InChI=1S/C11H19NO2.ClH/c1-7-4-3-5-8-6-9(11(13)14)12(2)10(7)8;/h7-10H,3-6H2,1-2H3,(H,13,14);1H. The van der Waals surface area contributed by atoms with Gasteiger partial charge in [-0.15, -0.1) is 12.4 Å². The lowest BCUT2D eigenvalue weighted by atomic mass is 9.78. The van der Waals surface area contributed by atoms with Gasteiger partial charge in [-0.1, -0.05) is 13.3 Å². The van der Waals surface area contributed by atoms with Crippen LogP contribution < -0.4 is 0 Å². The largest absolute Gasteiger partial charge is 0.480 e. The molecule has 4 heteroatoms. The van der Waals surface area contributed by atoms with Gasteiger partial charge in [0.15, 0.2) is 0 Å². The number of halogens is 1. The minimum absolute atomic E-state index is 0. The first kappa shape index (κ1) is 12.8. The molecule has 1 aliphatic heterocycles. The van der Waals surface area contributed by atoms with Gasteiger partial charge in [-0.3, -0.25) is 9.69 Å². The van der Waals surface area contributed by atoms with E-state index in [2.05, 4.69) is 11.8 Å². The number of nitrogens with zero attached hydrogens (tertiary/aromatic N) is 1. The average molecular weight is 234 g/mol. The van der Waals surface area contributed by atoms with Crippen LogP contribution in [0.1, 0.15) is 32.6 Å². The Hall–Kier alpha value is -0.280. The molecule has 2 fully saturated rings. The van der Waals surface area contributed by atoms with Crippen LogP contribution in [0.25, 0.3) is 0 Å². The molecule has 4 atom stereocenters. The van der Waals surface area contributed by atoms with Crippen molar-refractivity contribution in [3.63, 3.8) is 0 Å². The van der Waals surface area contributed by atoms with Gasteiger partial charge in [-0.25, -0.2) is 0 Å². The number of carbonyl (C=O) groups is 1. The molecular formula is C11H20ClNO2. The zero-order chi connectivity index (χ0) is 10.3. The molecule has 0 aromatic carbocycles. The molecule has 1 saturated carbocycles. The number of aliphatic carboxylic acids is 1. The third kappa shape index (κ3) is 2.13. The minimum atomic E-state index is -0.644. The van der Waals surface area contributed by atoms with Crippen molar-refractivity contribution in [2.75, 3.05) is 7.05 Å². The maximum Gasteiger partial charge on any atom is 0.320 e. The van der Waals surface area contributed by atoms with Crippen LogP contribution in [-0.4, -0.2) is 35.1 Å². The van der Waals surface area contributed by atoms with E-state index >= 15 is 0 Å². The Balaban J connectivity index is 0.00000112. The summed E-state index contributed by atoms with van der Waals surface area (Å²) >= 11 is 0. The van der Waals surface area contributed by atoms with Gasteiger partial charge in [-0.05, 0) is 38.1 Å². The number of likely N-dealkylation sites (tertiary alicyclic amines) is 1. The van der Waals surface area contributed by atoms with Crippen molar-refractivity contribution in [2.45, 2.75) is 44.7 Å². The van der Waals surface area contributed by atoms with Gasteiger partial charge < -0.3 is 5.11 Å². The smallest absolute Gasteiger partial charge is 0.320 e. The van der Waals surface area contributed by atoms with Gasteiger partial charge in [0.25, 0.3) is 0 Å². The first-order chi connectivity index (χ1) is 6.61. The molecule has 3 nitrogen and oxygen atoms in total. The average Bonchev–Trinajstić information content (AvgIpc) is 2.45. The molecule has 0 spiro atoms. The number of fused-ring (bicyclic) bond motifs is 1. The van der Waals surface area contributed by atoms with E-state index in [0.29, 0.717) is 17.9 Å². The number of likely N-dealkylation sites (N-methyl/N-ethyl adjacent to an activating group) is 1. The van der Waals surface area contributed by atoms with Crippen LogP contribution in [0.2, 0.25) is 0 Å². The highest BCUT2D eigenvalue weighted by atomic mass is 35.5. The fraction of sp³-hybridized carbons (Fsp3) is 0.909. The lowest BCUT2D eigenvalue weighted by Crippen LogP contribution is -2.42. The molecular weight excluding hydrogens is 214 g/mol. The quantitative estimate of drug-likeness (QED) is 0.753. The Bertz CT molecular complexity index is 247. The van der Waals surface area contributed by atoms with Crippen LogP contribution in [0.3, 0.4) is 0 Å². The first-order valence-electron chi connectivity index (χ1n) is 5.56. The van der Waals surface area contributed by atoms with E-state index in [9.17, 15) is 4.79 Å². The van der Waals surface area contributed by atoms with Gasteiger partial charge in [-0.2, -0.15) is 0 Å². The Kier molecular flexibility index (Phi) is 4.01. The Morgan fingerprint density at radius 2 is 2.07 bits per heavy atom. The molecule has 1 saturated heterocycles. The van der Waals surface area contributed by atoms with Crippen LogP contribution in [0.15, 0.2) is 0 Å². The van der Waals surface area contributed by atoms with Crippen LogP contribution in [0, 0.1) is 11.8 Å². The van der Waals surface area contributed by atoms with Gasteiger partial charge in [0.05, 0.1) is 0 Å². The van der Waals surface area contributed by atoms with Gasteiger partial charge in [0.1, 0.15) is 6.04 Å². The van der Waals surface area contributed by atoms with Crippen molar-refractivity contribution in [3.8, 4) is 0 Å². The molecule has 2 rings (SSSR count). The molecule has 2 aliphatic rings. The maximum absolute atomic E-state index is 11.0. The molecule has 0 radical (unpaired) electrons. The van der Waals surface area contributed by atoms with E-state index in [1.807, 2.05) is 7.05 Å². The fourth-order valence-corrected chi connectivity index (χ4v) is 3.44. The van der Waals surface area contributed by atoms with Crippen LogP contribution in [0.4, 0.5) is 0 Å². The predicted octanol–water partition coefficient (Wildman–Crippen LogP) is 2.00. The van der Waals surface area contributed by atoms with Crippen molar-refractivity contribution in [3.05, 3.63) is 0 Å². The molecule has 0 amide bonds. The third-order valence-corrected chi connectivity index (χ3v) is 4.07. The lowest BCUT2D eigenvalue weighted by molar-refractivity contribution is -0.142. The molecule has 15 heavy (non-hydrogen) atoms. The van der Waals surface area contributed by atoms with E-state index in [1.165, 1.54) is 19.3 Å². The van der Waals surface area contributed by atoms with Crippen LogP contribution in [-0.2, 0) is 4.79 Å². The van der Waals surface area contributed by atoms with Crippen molar-refractivity contribution in [1.82, 2.24) is 4.90 Å². The SMILES string of the molecule is CC1CCCC2CC(C(=O)O)N(C)C12.Cl. The second kappa shape index (κ2) is 4.71. The summed E-state index contributed by atoms with van der Waals surface area (Å²) in [5, 5.41) is 9.08. The summed E-state index contributed by atoms with van der Waals surface area (Å²) in [6.07, 6.45) is 4.63. The third-order valence-electron chi connectivity index (χ3n) is 4.07. The van der Waals surface area contributed by atoms with E-state index < -0.39 is 5.97 Å². The molecule has 1 N–H and O–H groups in total. The number of hydrogen-bond donors (Lipinski definition) is 1. The van der Waals surface area contributed by atoms with Crippen molar-refractivity contribution < 1.29 is 9.90 Å². The highest BCUT2D eigenvalue weighted by Gasteiger charge is 2.45. The second-order valence-corrected chi connectivity index (χ2v) is 4.91. The molecule has 88 valence electrons. The van der Waals surface area contributed by atoms with Crippen molar-refractivity contribution in [1.29, 1.82) is 0 Å². The Morgan fingerprint density at radius 1 is 1.40 bits per heavy atom. The summed E-state index contributed by atoms with van der Waals surface area (Å²) in [4.78, 5) is 13.1. The molecule has 4 unspecified atom stereocenters. The maximum atomic E-state index is 11.0. The van der Waals surface area contributed by atoms with Crippen LogP contribution >= 0.6 is 12.4 Å². The number of rotatable bonds is 1. The number of carboxylic acid groups (broad SMARTS) is 1. The van der Waals surface area contributed by atoms with Crippen molar-refractivity contribution in [2.24, 2.45) is 11.8 Å². The van der Waals surface area contributed by atoms with E-state index in [1.54, 1.807) is 0 Å². The van der Waals surface area contributed by atoms with Gasteiger partial charge >= 0.3 is 5.97 Å². The summed E-state index contributed by atoms with van der Waals surface area (Å²) in [5.74, 6) is 0.655. The molecule has 1 heterocycles. The Morgan fingerprint density at radius 3 is 2.60 bits per heavy atom. The zero-order valence-corrected chi connectivity index (χ0v) is 10.2. The normalized spacial score (nSPS) is 40.7. The monoisotopic (exact) mass is 233 g/mol. The van der Waals surface area contributed by atoms with E-state index in [0.717, 1.165) is 6.42 Å². The van der Waals surface area contributed by atoms with E-state index in [-0.39, 0.29) is 18.4 Å². The molecule has 0 aromatic rings. The number of hydrogen-bond acceptors (Lipinski definition) is 2. The summed E-state index contributed by atoms with van der Waals surface area (Å²) in [6.45, 7) is 2.26. The van der Waals surface area contributed by atoms with Crippen LogP contribution in [0.5, 0.6) is 0 Å². The first-order valence-corrected chi connectivity index (χ1v) is 5.56. The predicted molar refractivity (Wildman–Crippen MR) is 61.3 cm³/mol. The summed E-state index contributed by atoms with van der Waals surface area (Å²) < 4.78 is 0. The molecule has 1 aliphatic carbocycles. The fourth-order valence-electron chi connectivity index (χ4n) is 3.44. The summed E-state index contributed by atoms with van der Waals surface area (Å²) in [7, 11) is 1.98. The minimum Gasteiger partial charge on any atom is -0.480 e. The highest BCUT2D eigenvalue weighted by Crippen LogP contribution is 2.41.